The van der Waals surface area contributed by atoms with Crippen LogP contribution in [0.2, 0.25) is 0 Å². The van der Waals surface area contributed by atoms with Crippen LogP contribution in [-0.4, -0.2) is 24.0 Å². The number of rotatable bonds is 3. The van der Waals surface area contributed by atoms with E-state index in [4.69, 9.17) is 5.73 Å². The summed E-state index contributed by atoms with van der Waals surface area (Å²) in [7, 11) is 0. The summed E-state index contributed by atoms with van der Waals surface area (Å²) < 4.78 is 0. The van der Waals surface area contributed by atoms with Crippen LogP contribution in [0.4, 0.5) is 0 Å². The largest absolute Gasteiger partial charge is 0.330 e. The SMILES string of the molecule is NCC1CCN(C2CC2)C1c1cccs1. The van der Waals surface area contributed by atoms with Crippen LogP contribution in [0.3, 0.4) is 0 Å². The molecule has 1 aliphatic carbocycles. The number of nitrogens with zero attached hydrogens (tertiary/aromatic N) is 1. The minimum absolute atomic E-state index is 0.627. The Morgan fingerprint density at radius 3 is 2.87 bits per heavy atom. The van der Waals surface area contributed by atoms with Gasteiger partial charge in [0.1, 0.15) is 0 Å². The predicted octanol–water partition coefficient (Wildman–Crippen LogP) is 2.23. The van der Waals surface area contributed by atoms with Crippen LogP contribution in [-0.2, 0) is 0 Å². The highest BCUT2D eigenvalue weighted by molar-refractivity contribution is 7.10. The number of likely N-dealkylation sites (tertiary alicyclic amines) is 1. The minimum Gasteiger partial charge on any atom is -0.330 e. The summed E-state index contributed by atoms with van der Waals surface area (Å²) in [4.78, 5) is 4.22. The zero-order valence-electron chi connectivity index (χ0n) is 8.93. The first kappa shape index (κ1) is 9.82. The summed E-state index contributed by atoms with van der Waals surface area (Å²) in [6, 6.07) is 5.94. The van der Waals surface area contributed by atoms with Crippen LogP contribution in [0, 0.1) is 5.92 Å². The highest BCUT2D eigenvalue weighted by Gasteiger charge is 2.42. The Balaban J connectivity index is 1.85. The van der Waals surface area contributed by atoms with Crippen molar-refractivity contribution in [3.8, 4) is 0 Å². The van der Waals surface area contributed by atoms with Gasteiger partial charge in [-0.25, -0.2) is 0 Å². The van der Waals surface area contributed by atoms with Gasteiger partial charge in [-0.2, -0.15) is 0 Å². The molecule has 2 nitrogen and oxygen atoms in total. The zero-order valence-corrected chi connectivity index (χ0v) is 9.75. The van der Waals surface area contributed by atoms with Gasteiger partial charge in [0, 0.05) is 17.0 Å². The van der Waals surface area contributed by atoms with Gasteiger partial charge in [-0.05, 0) is 49.7 Å². The van der Waals surface area contributed by atoms with Crippen LogP contribution >= 0.6 is 11.3 Å². The van der Waals surface area contributed by atoms with Gasteiger partial charge < -0.3 is 5.73 Å². The molecule has 0 amide bonds. The van der Waals surface area contributed by atoms with Crippen molar-refractivity contribution >= 4 is 11.3 Å². The Labute approximate surface area is 95.1 Å². The molecule has 1 saturated heterocycles. The molecule has 3 heteroatoms. The quantitative estimate of drug-likeness (QED) is 0.850. The number of hydrogen-bond acceptors (Lipinski definition) is 3. The molecule has 1 saturated carbocycles. The lowest BCUT2D eigenvalue weighted by Crippen LogP contribution is -2.29. The van der Waals surface area contributed by atoms with E-state index in [1.807, 2.05) is 11.3 Å². The number of thiophene rings is 1. The second kappa shape index (κ2) is 3.89. The van der Waals surface area contributed by atoms with E-state index in [0.29, 0.717) is 12.0 Å². The minimum atomic E-state index is 0.627. The Hall–Kier alpha value is -0.380. The van der Waals surface area contributed by atoms with Crippen LogP contribution in [0.1, 0.15) is 30.2 Å². The van der Waals surface area contributed by atoms with E-state index >= 15 is 0 Å². The van der Waals surface area contributed by atoms with Crippen LogP contribution in [0.15, 0.2) is 17.5 Å². The predicted molar refractivity (Wildman–Crippen MR) is 63.9 cm³/mol. The molecule has 2 atom stereocenters. The van der Waals surface area contributed by atoms with Crippen LogP contribution < -0.4 is 5.73 Å². The molecular formula is C12H18N2S. The van der Waals surface area contributed by atoms with E-state index in [-0.39, 0.29) is 0 Å². The van der Waals surface area contributed by atoms with Crippen molar-refractivity contribution in [1.29, 1.82) is 0 Å². The van der Waals surface area contributed by atoms with Crippen molar-refractivity contribution in [2.75, 3.05) is 13.1 Å². The first-order valence-corrected chi connectivity index (χ1v) is 6.77. The standard InChI is InChI=1S/C12H18N2S/c13-8-9-5-6-14(10-3-4-10)12(9)11-2-1-7-15-11/h1-2,7,9-10,12H,3-6,8,13H2. The molecule has 15 heavy (non-hydrogen) atoms. The van der Waals surface area contributed by atoms with Gasteiger partial charge in [0.05, 0.1) is 0 Å². The van der Waals surface area contributed by atoms with Gasteiger partial charge in [0.15, 0.2) is 0 Å². The van der Waals surface area contributed by atoms with Crippen molar-refractivity contribution in [3.63, 3.8) is 0 Å². The number of hydrogen-bond donors (Lipinski definition) is 1. The van der Waals surface area contributed by atoms with E-state index in [9.17, 15) is 0 Å². The van der Waals surface area contributed by atoms with Crippen molar-refractivity contribution in [2.45, 2.75) is 31.3 Å². The molecule has 1 aliphatic heterocycles. The molecule has 2 N–H and O–H groups in total. The Bertz CT molecular complexity index is 318. The molecule has 0 spiro atoms. The molecule has 1 aromatic heterocycles. The zero-order chi connectivity index (χ0) is 10.3. The molecule has 82 valence electrons. The van der Waals surface area contributed by atoms with Crippen LogP contribution in [0.25, 0.3) is 0 Å². The monoisotopic (exact) mass is 222 g/mol. The number of nitrogens with two attached hydrogens (primary N) is 1. The third-order valence-electron chi connectivity index (χ3n) is 3.72. The summed E-state index contributed by atoms with van der Waals surface area (Å²) in [6.45, 7) is 2.10. The maximum absolute atomic E-state index is 5.89. The summed E-state index contributed by atoms with van der Waals surface area (Å²) in [5, 5.41) is 2.19. The normalized spacial score (nSPS) is 32.3. The lowest BCUT2D eigenvalue weighted by Gasteiger charge is -2.26. The second-order valence-electron chi connectivity index (χ2n) is 4.71. The summed E-state index contributed by atoms with van der Waals surface area (Å²) in [6.07, 6.45) is 4.09. The van der Waals surface area contributed by atoms with Gasteiger partial charge >= 0.3 is 0 Å². The van der Waals surface area contributed by atoms with Gasteiger partial charge in [0.2, 0.25) is 0 Å². The molecule has 1 aromatic rings. The van der Waals surface area contributed by atoms with Crippen molar-refractivity contribution in [3.05, 3.63) is 22.4 Å². The fraction of sp³-hybridized carbons (Fsp3) is 0.667. The van der Waals surface area contributed by atoms with E-state index in [1.165, 1.54) is 30.7 Å². The highest BCUT2D eigenvalue weighted by atomic mass is 32.1. The van der Waals surface area contributed by atoms with Gasteiger partial charge in [0.25, 0.3) is 0 Å². The third kappa shape index (κ3) is 1.73. The van der Waals surface area contributed by atoms with E-state index < -0.39 is 0 Å². The summed E-state index contributed by atoms with van der Waals surface area (Å²) in [5.74, 6) is 0.684. The van der Waals surface area contributed by atoms with Gasteiger partial charge in [-0.15, -0.1) is 11.3 Å². The van der Waals surface area contributed by atoms with Crippen molar-refractivity contribution in [2.24, 2.45) is 11.7 Å². The Morgan fingerprint density at radius 2 is 2.27 bits per heavy atom. The Kier molecular flexibility index (Phi) is 2.54. The molecule has 2 unspecified atom stereocenters. The topological polar surface area (TPSA) is 29.3 Å². The first-order valence-electron chi connectivity index (χ1n) is 5.89. The maximum Gasteiger partial charge on any atom is 0.0485 e. The molecule has 0 bridgehead atoms. The first-order chi connectivity index (χ1) is 7.40. The smallest absolute Gasteiger partial charge is 0.0485 e. The average Bonchev–Trinajstić information content (AvgIpc) is 2.83. The lowest BCUT2D eigenvalue weighted by molar-refractivity contribution is 0.224. The second-order valence-corrected chi connectivity index (χ2v) is 5.69. The molecule has 0 aromatic carbocycles. The van der Waals surface area contributed by atoms with E-state index in [2.05, 4.69) is 22.4 Å². The summed E-state index contributed by atoms with van der Waals surface area (Å²) in [5.41, 5.74) is 5.89. The van der Waals surface area contributed by atoms with E-state index in [0.717, 1.165) is 12.6 Å². The molecular weight excluding hydrogens is 204 g/mol. The summed E-state index contributed by atoms with van der Waals surface area (Å²) >= 11 is 1.89. The Morgan fingerprint density at radius 1 is 1.40 bits per heavy atom. The average molecular weight is 222 g/mol. The molecule has 2 aliphatic rings. The molecule has 2 fully saturated rings. The van der Waals surface area contributed by atoms with Crippen molar-refractivity contribution in [1.82, 2.24) is 4.90 Å². The third-order valence-corrected chi connectivity index (χ3v) is 4.66. The van der Waals surface area contributed by atoms with Gasteiger partial charge in [-0.3, -0.25) is 4.90 Å². The highest BCUT2D eigenvalue weighted by Crippen LogP contribution is 2.44. The molecule has 3 rings (SSSR count). The molecule has 0 radical (unpaired) electrons. The molecule has 2 heterocycles. The fourth-order valence-corrected chi connectivity index (χ4v) is 3.74. The maximum atomic E-state index is 5.89. The fourth-order valence-electron chi connectivity index (χ4n) is 2.80. The lowest BCUT2D eigenvalue weighted by atomic mass is 9.99. The van der Waals surface area contributed by atoms with E-state index in [1.54, 1.807) is 0 Å². The van der Waals surface area contributed by atoms with Crippen LogP contribution in [0.5, 0.6) is 0 Å². The van der Waals surface area contributed by atoms with Gasteiger partial charge in [-0.1, -0.05) is 6.07 Å². The van der Waals surface area contributed by atoms with Crippen molar-refractivity contribution < 1.29 is 0 Å².